The maximum Gasteiger partial charge on any atom is 0.314 e. The number of carboxylic acid groups (broad SMARTS) is 1. The van der Waals surface area contributed by atoms with E-state index in [2.05, 4.69) is 0 Å². The van der Waals surface area contributed by atoms with Gasteiger partial charge in [0.25, 0.3) is 0 Å². The van der Waals surface area contributed by atoms with Gasteiger partial charge in [0.15, 0.2) is 0 Å². The van der Waals surface area contributed by atoms with Gasteiger partial charge in [-0.1, -0.05) is 6.07 Å². The van der Waals surface area contributed by atoms with Crippen LogP contribution in [0.1, 0.15) is 29.5 Å². The molecular weight excluding hydrogens is 195 g/mol. The summed E-state index contributed by atoms with van der Waals surface area (Å²) in [5.74, 6) is -1.16. The standard InChI is InChI=1S/C12H13FO2/c1-7-5-8(2)10(13)6-9(7)12(3-4-12)11(14)15/h5-6H,3-4H2,1-2H3,(H,14,15). The van der Waals surface area contributed by atoms with Crippen molar-refractivity contribution in [3.8, 4) is 0 Å². The summed E-state index contributed by atoms with van der Waals surface area (Å²) in [6.45, 7) is 3.53. The number of aliphatic carboxylic acids is 1. The topological polar surface area (TPSA) is 37.3 Å². The van der Waals surface area contributed by atoms with Gasteiger partial charge in [-0.25, -0.2) is 4.39 Å². The second-order valence-corrected chi connectivity index (χ2v) is 4.30. The molecule has 0 bridgehead atoms. The van der Waals surface area contributed by atoms with E-state index in [1.807, 2.05) is 6.92 Å². The lowest BCUT2D eigenvalue weighted by Gasteiger charge is -2.14. The van der Waals surface area contributed by atoms with E-state index in [4.69, 9.17) is 5.11 Å². The van der Waals surface area contributed by atoms with Crippen LogP contribution in [0.2, 0.25) is 0 Å². The summed E-state index contributed by atoms with van der Waals surface area (Å²) in [6.07, 6.45) is 1.23. The molecule has 15 heavy (non-hydrogen) atoms. The highest BCUT2D eigenvalue weighted by molar-refractivity contribution is 5.85. The molecule has 3 heteroatoms. The first-order valence-corrected chi connectivity index (χ1v) is 4.98. The molecular formula is C12H13FO2. The van der Waals surface area contributed by atoms with E-state index in [-0.39, 0.29) is 5.82 Å². The minimum Gasteiger partial charge on any atom is -0.481 e. The van der Waals surface area contributed by atoms with Crippen LogP contribution >= 0.6 is 0 Å². The maximum absolute atomic E-state index is 13.4. The van der Waals surface area contributed by atoms with Gasteiger partial charge in [-0.2, -0.15) is 0 Å². The van der Waals surface area contributed by atoms with Crippen molar-refractivity contribution >= 4 is 5.97 Å². The van der Waals surface area contributed by atoms with Crippen molar-refractivity contribution < 1.29 is 14.3 Å². The quantitative estimate of drug-likeness (QED) is 0.811. The molecule has 2 nitrogen and oxygen atoms in total. The molecule has 0 aliphatic heterocycles. The molecule has 1 aromatic carbocycles. The Morgan fingerprint density at radius 2 is 1.93 bits per heavy atom. The molecule has 80 valence electrons. The first-order valence-electron chi connectivity index (χ1n) is 4.98. The molecule has 1 aliphatic carbocycles. The average molecular weight is 208 g/mol. The molecule has 1 aliphatic rings. The van der Waals surface area contributed by atoms with Gasteiger partial charge in [0, 0.05) is 0 Å². The summed E-state index contributed by atoms with van der Waals surface area (Å²) in [5.41, 5.74) is 1.27. The van der Waals surface area contributed by atoms with Crippen LogP contribution in [0.3, 0.4) is 0 Å². The SMILES string of the molecule is Cc1cc(C)c(C2(C(=O)O)CC2)cc1F. The summed E-state index contributed by atoms with van der Waals surface area (Å²) < 4.78 is 13.4. The molecule has 1 aromatic rings. The van der Waals surface area contributed by atoms with E-state index >= 15 is 0 Å². The third-order valence-corrected chi connectivity index (χ3v) is 3.18. The zero-order valence-corrected chi connectivity index (χ0v) is 8.80. The Kier molecular flexibility index (Phi) is 2.07. The monoisotopic (exact) mass is 208 g/mol. The van der Waals surface area contributed by atoms with Gasteiger partial charge in [0.05, 0.1) is 5.41 Å². The first-order chi connectivity index (χ1) is 6.97. The Morgan fingerprint density at radius 1 is 1.33 bits per heavy atom. The lowest BCUT2D eigenvalue weighted by Crippen LogP contribution is -2.21. The largest absolute Gasteiger partial charge is 0.481 e. The lowest BCUT2D eigenvalue weighted by molar-refractivity contribution is -0.140. The van der Waals surface area contributed by atoms with Crippen molar-refractivity contribution in [2.75, 3.05) is 0 Å². The molecule has 0 spiro atoms. The second-order valence-electron chi connectivity index (χ2n) is 4.30. The van der Waals surface area contributed by atoms with E-state index in [9.17, 15) is 9.18 Å². The van der Waals surface area contributed by atoms with Gasteiger partial charge >= 0.3 is 5.97 Å². The average Bonchev–Trinajstić information content (AvgIpc) is 2.92. The molecule has 0 heterocycles. The number of hydrogen-bond donors (Lipinski definition) is 1. The summed E-state index contributed by atoms with van der Waals surface area (Å²) in [6, 6.07) is 3.10. The number of halogens is 1. The van der Waals surface area contributed by atoms with Crippen molar-refractivity contribution in [2.24, 2.45) is 0 Å². The fraction of sp³-hybridized carbons (Fsp3) is 0.417. The second kappa shape index (κ2) is 3.05. The number of aryl methyl sites for hydroxylation is 2. The van der Waals surface area contributed by atoms with Crippen LogP contribution in [0.4, 0.5) is 4.39 Å². The van der Waals surface area contributed by atoms with Gasteiger partial charge in [0.1, 0.15) is 5.82 Å². The van der Waals surface area contributed by atoms with E-state index in [0.29, 0.717) is 24.0 Å². The smallest absolute Gasteiger partial charge is 0.314 e. The predicted octanol–water partition coefficient (Wildman–Crippen LogP) is 2.56. The van der Waals surface area contributed by atoms with Crippen LogP contribution in [0, 0.1) is 19.7 Å². The van der Waals surface area contributed by atoms with Crippen molar-refractivity contribution in [3.05, 3.63) is 34.6 Å². The minimum absolute atomic E-state index is 0.317. The fourth-order valence-corrected chi connectivity index (χ4v) is 2.06. The number of carboxylic acids is 1. The van der Waals surface area contributed by atoms with Gasteiger partial charge in [-0.15, -0.1) is 0 Å². The van der Waals surface area contributed by atoms with Crippen molar-refractivity contribution in [1.29, 1.82) is 0 Å². The molecule has 0 atom stereocenters. The highest BCUT2D eigenvalue weighted by Gasteiger charge is 2.52. The van der Waals surface area contributed by atoms with E-state index in [1.54, 1.807) is 13.0 Å². The van der Waals surface area contributed by atoms with Gasteiger partial charge < -0.3 is 5.11 Å². The normalized spacial score (nSPS) is 17.5. The zero-order chi connectivity index (χ0) is 11.2. The molecule has 0 unspecified atom stereocenters. The molecule has 2 rings (SSSR count). The maximum atomic E-state index is 13.4. The number of rotatable bonds is 2. The molecule has 0 amide bonds. The summed E-state index contributed by atoms with van der Waals surface area (Å²) in [7, 11) is 0. The number of hydrogen-bond acceptors (Lipinski definition) is 1. The van der Waals surface area contributed by atoms with Crippen molar-refractivity contribution in [2.45, 2.75) is 32.1 Å². The Hall–Kier alpha value is -1.38. The van der Waals surface area contributed by atoms with E-state index in [1.165, 1.54) is 6.07 Å². The highest BCUT2D eigenvalue weighted by Crippen LogP contribution is 2.49. The predicted molar refractivity (Wildman–Crippen MR) is 54.4 cm³/mol. The third kappa shape index (κ3) is 1.42. The van der Waals surface area contributed by atoms with Crippen LogP contribution in [-0.4, -0.2) is 11.1 Å². The molecule has 0 aromatic heterocycles. The molecule has 1 N–H and O–H groups in total. The van der Waals surface area contributed by atoms with Crippen LogP contribution in [-0.2, 0) is 10.2 Å². The lowest BCUT2D eigenvalue weighted by atomic mass is 9.91. The molecule has 1 fully saturated rings. The van der Waals surface area contributed by atoms with Gasteiger partial charge in [0.2, 0.25) is 0 Å². The van der Waals surface area contributed by atoms with Crippen LogP contribution in [0.15, 0.2) is 12.1 Å². The van der Waals surface area contributed by atoms with Crippen LogP contribution in [0.25, 0.3) is 0 Å². The Morgan fingerprint density at radius 3 is 2.40 bits per heavy atom. The zero-order valence-electron chi connectivity index (χ0n) is 8.80. The van der Waals surface area contributed by atoms with Crippen LogP contribution < -0.4 is 0 Å². The van der Waals surface area contributed by atoms with Crippen molar-refractivity contribution in [1.82, 2.24) is 0 Å². The summed E-state index contributed by atoms with van der Waals surface area (Å²) in [5, 5.41) is 9.12. The Labute approximate surface area is 87.7 Å². The van der Waals surface area contributed by atoms with Crippen LogP contribution in [0.5, 0.6) is 0 Å². The molecule has 1 saturated carbocycles. The summed E-state index contributed by atoms with van der Waals surface area (Å²) in [4.78, 5) is 11.1. The molecule has 0 radical (unpaired) electrons. The van der Waals surface area contributed by atoms with Gasteiger partial charge in [-0.05, 0) is 49.4 Å². The Bertz CT molecular complexity index is 433. The van der Waals surface area contributed by atoms with Crippen molar-refractivity contribution in [3.63, 3.8) is 0 Å². The minimum atomic E-state index is -0.839. The highest BCUT2D eigenvalue weighted by atomic mass is 19.1. The number of carbonyl (C=O) groups is 1. The summed E-state index contributed by atoms with van der Waals surface area (Å²) >= 11 is 0. The third-order valence-electron chi connectivity index (χ3n) is 3.18. The first kappa shape index (κ1) is 10.1. The van der Waals surface area contributed by atoms with E-state index < -0.39 is 11.4 Å². The Balaban J connectivity index is 2.54. The van der Waals surface area contributed by atoms with E-state index in [0.717, 1.165) is 5.56 Å². The molecule has 0 saturated heterocycles. The fourth-order valence-electron chi connectivity index (χ4n) is 2.06. The van der Waals surface area contributed by atoms with Gasteiger partial charge in [-0.3, -0.25) is 4.79 Å². The number of benzene rings is 1.